The predicted molar refractivity (Wildman–Crippen MR) is 274 cm³/mol. The molecule has 1 atom stereocenters. The summed E-state index contributed by atoms with van der Waals surface area (Å²) in [7, 11) is 0. The third-order valence-corrected chi connectivity index (χ3v) is 10.5. The Morgan fingerprint density at radius 3 is 1.08 bits per heavy atom. The number of carbonyl (C=O) groups excluding carboxylic acids is 3. The van der Waals surface area contributed by atoms with E-state index in [1.54, 1.807) is 0 Å². The molecule has 1 unspecified atom stereocenters. The monoisotopic (exact) mass is 887 g/mol. The van der Waals surface area contributed by atoms with Crippen molar-refractivity contribution >= 4 is 17.9 Å². The van der Waals surface area contributed by atoms with Crippen molar-refractivity contribution in [1.29, 1.82) is 0 Å². The highest BCUT2D eigenvalue weighted by Gasteiger charge is 2.19. The number of ether oxygens (including phenoxy) is 3. The molecule has 0 N–H and O–H groups in total. The molecule has 0 rings (SSSR count). The van der Waals surface area contributed by atoms with E-state index in [9.17, 15) is 14.4 Å². The van der Waals surface area contributed by atoms with E-state index < -0.39 is 12.1 Å². The molecule has 0 aliphatic rings. The van der Waals surface area contributed by atoms with E-state index in [2.05, 4.69) is 112 Å². The van der Waals surface area contributed by atoms with Crippen molar-refractivity contribution < 1.29 is 28.6 Å². The molecule has 0 aromatic heterocycles. The first kappa shape index (κ1) is 60.1. The zero-order valence-corrected chi connectivity index (χ0v) is 41.3. The van der Waals surface area contributed by atoms with Crippen molar-refractivity contribution in [2.75, 3.05) is 13.2 Å². The average molecular weight is 887 g/mol. The zero-order chi connectivity index (χ0) is 46.5. The van der Waals surface area contributed by atoms with E-state index in [4.69, 9.17) is 14.2 Å². The second kappa shape index (κ2) is 51.7. The van der Waals surface area contributed by atoms with Crippen LogP contribution in [-0.4, -0.2) is 37.2 Å². The van der Waals surface area contributed by atoms with Gasteiger partial charge in [0, 0.05) is 19.3 Å². The number of unbranched alkanes of at least 4 members (excludes halogenated alkanes) is 16. The number of hydrogen-bond donors (Lipinski definition) is 0. The van der Waals surface area contributed by atoms with Gasteiger partial charge in [-0.25, -0.2) is 0 Å². The number of carbonyl (C=O) groups is 3. The van der Waals surface area contributed by atoms with E-state index in [1.807, 2.05) is 18.2 Å². The summed E-state index contributed by atoms with van der Waals surface area (Å²) >= 11 is 0. The fourth-order valence-corrected chi connectivity index (χ4v) is 6.63. The fraction of sp³-hybridized carbons (Fsp3) is 0.638. The highest BCUT2D eigenvalue weighted by molar-refractivity contribution is 5.71. The number of hydrogen-bond acceptors (Lipinski definition) is 6. The van der Waals surface area contributed by atoms with E-state index in [0.717, 1.165) is 77.0 Å². The molecule has 0 aromatic rings. The number of allylic oxidation sites excluding steroid dienone is 18. The van der Waals surface area contributed by atoms with Crippen LogP contribution in [0.2, 0.25) is 0 Å². The molecule has 0 aliphatic carbocycles. The maximum absolute atomic E-state index is 12.8. The second-order valence-corrected chi connectivity index (χ2v) is 16.7. The van der Waals surface area contributed by atoms with E-state index in [-0.39, 0.29) is 38.0 Å². The predicted octanol–water partition coefficient (Wildman–Crippen LogP) is 17.1. The first-order valence-electron chi connectivity index (χ1n) is 25.9. The van der Waals surface area contributed by atoms with Gasteiger partial charge in [-0.3, -0.25) is 14.4 Å². The SMILES string of the molecule is CC/C=C\C/C=C\C/C=C\C/C=C\C/C=C\CCC(=O)OC(COC(=O)CC/C=C\C/C=C\CCCCCCCC)COC(=O)CCCCCCCCC/C=C\C/C=C\CCCCC. The maximum atomic E-state index is 12.8. The molecular weight excluding hydrogens is 793 g/mol. The van der Waals surface area contributed by atoms with Crippen molar-refractivity contribution in [3.63, 3.8) is 0 Å². The van der Waals surface area contributed by atoms with Crippen molar-refractivity contribution in [2.45, 2.75) is 226 Å². The minimum Gasteiger partial charge on any atom is -0.462 e. The normalized spacial score (nSPS) is 13.0. The van der Waals surface area contributed by atoms with Gasteiger partial charge in [0.05, 0.1) is 0 Å². The quantitative estimate of drug-likeness (QED) is 0.0262. The molecule has 0 bridgehead atoms. The zero-order valence-electron chi connectivity index (χ0n) is 41.3. The van der Waals surface area contributed by atoms with Crippen LogP contribution >= 0.6 is 0 Å². The summed E-state index contributed by atoms with van der Waals surface area (Å²) in [6, 6.07) is 0. The van der Waals surface area contributed by atoms with Gasteiger partial charge in [-0.15, -0.1) is 0 Å². The molecule has 0 heterocycles. The second-order valence-electron chi connectivity index (χ2n) is 16.7. The molecule has 0 amide bonds. The lowest BCUT2D eigenvalue weighted by atomic mass is 10.1. The van der Waals surface area contributed by atoms with Crippen LogP contribution in [0.1, 0.15) is 220 Å². The van der Waals surface area contributed by atoms with E-state index >= 15 is 0 Å². The van der Waals surface area contributed by atoms with Gasteiger partial charge >= 0.3 is 17.9 Å². The highest BCUT2D eigenvalue weighted by Crippen LogP contribution is 2.12. The molecule has 0 spiro atoms. The van der Waals surface area contributed by atoms with Gasteiger partial charge in [-0.05, 0) is 103 Å². The molecule has 0 aliphatic heterocycles. The molecule has 64 heavy (non-hydrogen) atoms. The van der Waals surface area contributed by atoms with Crippen LogP contribution in [0, 0.1) is 0 Å². The maximum Gasteiger partial charge on any atom is 0.306 e. The lowest BCUT2D eigenvalue weighted by Crippen LogP contribution is -2.30. The van der Waals surface area contributed by atoms with Gasteiger partial charge < -0.3 is 14.2 Å². The van der Waals surface area contributed by atoms with Gasteiger partial charge in [0.1, 0.15) is 13.2 Å². The Bertz CT molecular complexity index is 1340. The van der Waals surface area contributed by atoms with Crippen molar-refractivity contribution in [2.24, 2.45) is 0 Å². The first-order valence-corrected chi connectivity index (χ1v) is 25.9. The van der Waals surface area contributed by atoms with Crippen LogP contribution in [0.15, 0.2) is 109 Å². The van der Waals surface area contributed by atoms with Gasteiger partial charge in [-0.1, -0.05) is 207 Å². The Morgan fingerprint density at radius 1 is 0.328 bits per heavy atom. The third-order valence-electron chi connectivity index (χ3n) is 10.5. The Hall–Kier alpha value is -3.93. The lowest BCUT2D eigenvalue weighted by Gasteiger charge is -2.18. The average Bonchev–Trinajstić information content (AvgIpc) is 3.29. The lowest BCUT2D eigenvalue weighted by molar-refractivity contribution is -0.166. The Balaban J connectivity index is 4.57. The smallest absolute Gasteiger partial charge is 0.306 e. The minimum absolute atomic E-state index is 0.131. The number of rotatable bonds is 45. The summed E-state index contributed by atoms with van der Waals surface area (Å²) in [4.78, 5) is 37.9. The Kier molecular flexibility index (Phi) is 48.5. The first-order chi connectivity index (χ1) is 31.5. The summed E-state index contributed by atoms with van der Waals surface area (Å²) in [5.41, 5.74) is 0. The molecule has 0 aromatic carbocycles. The van der Waals surface area contributed by atoms with Gasteiger partial charge in [0.2, 0.25) is 0 Å². The van der Waals surface area contributed by atoms with Crippen LogP contribution in [-0.2, 0) is 28.6 Å². The summed E-state index contributed by atoms with van der Waals surface area (Å²) in [6.45, 7) is 6.35. The molecule has 0 fully saturated rings. The number of esters is 3. The highest BCUT2D eigenvalue weighted by atomic mass is 16.6. The Labute approximate surface area is 393 Å². The van der Waals surface area contributed by atoms with Gasteiger partial charge in [0.25, 0.3) is 0 Å². The Morgan fingerprint density at radius 2 is 0.641 bits per heavy atom. The van der Waals surface area contributed by atoms with E-state index in [0.29, 0.717) is 19.3 Å². The summed E-state index contributed by atoms with van der Waals surface area (Å²) < 4.78 is 16.6. The van der Waals surface area contributed by atoms with Crippen LogP contribution in [0.5, 0.6) is 0 Å². The van der Waals surface area contributed by atoms with E-state index in [1.165, 1.54) is 89.9 Å². The molecular formula is C58H94O6. The largest absolute Gasteiger partial charge is 0.462 e. The van der Waals surface area contributed by atoms with Crippen LogP contribution in [0.4, 0.5) is 0 Å². The minimum atomic E-state index is -0.845. The van der Waals surface area contributed by atoms with Gasteiger partial charge in [0.15, 0.2) is 6.10 Å². The molecule has 6 nitrogen and oxygen atoms in total. The summed E-state index contributed by atoms with van der Waals surface area (Å²) in [5, 5.41) is 0. The van der Waals surface area contributed by atoms with Crippen molar-refractivity contribution in [1.82, 2.24) is 0 Å². The van der Waals surface area contributed by atoms with Crippen LogP contribution in [0.3, 0.4) is 0 Å². The molecule has 362 valence electrons. The molecule has 6 heteroatoms. The standard InChI is InChI=1S/C58H94O6/c1-4-7-10-13-16-19-22-25-27-29-31-33-36-39-42-45-48-51-57(60)63-54-55(53-62-56(59)50-47-44-41-38-35-32-24-21-18-15-12-9-6-3)64-58(61)52-49-46-43-40-37-34-30-28-26-23-20-17-14-11-8-5-2/h8,11,16-17,19-20,25-28,32,34-35,37,41,43-44,46,55H,4-7,9-10,12-15,18,21-24,29-31,33,36,38-40,42,45,47-54H2,1-3H3/b11-8-,19-16-,20-17-,27-25-,28-26-,35-32-,37-34-,44-41-,46-43-. The molecule has 0 radical (unpaired) electrons. The van der Waals surface area contributed by atoms with Crippen molar-refractivity contribution in [3.05, 3.63) is 109 Å². The van der Waals surface area contributed by atoms with Crippen LogP contribution in [0.25, 0.3) is 0 Å². The summed E-state index contributed by atoms with van der Waals surface area (Å²) in [6.07, 6.45) is 69.5. The van der Waals surface area contributed by atoms with Gasteiger partial charge in [-0.2, -0.15) is 0 Å². The topological polar surface area (TPSA) is 78.9 Å². The molecule has 0 saturated carbocycles. The van der Waals surface area contributed by atoms with Crippen LogP contribution < -0.4 is 0 Å². The van der Waals surface area contributed by atoms with Crippen molar-refractivity contribution in [3.8, 4) is 0 Å². The third kappa shape index (κ3) is 49.1. The molecule has 0 saturated heterocycles. The summed E-state index contributed by atoms with van der Waals surface area (Å²) in [5.74, 6) is -1.10. The fourth-order valence-electron chi connectivity index (χ4n) is 6.63.